The Morgan fingerprint density at radius 2 is 1.78 bits per heavy atom. The summed E-state index contributed by atoms with van der Waals surface area (Å²) < 4.78 is 8.59. The zero-order valence-electron chi connectivity index (χ0n) is 26.3. The number of ether oxygens (including phenoxy) is 1. The number of carbonyl (C=O) groups is 2. The van der Waals surface area contributed by atoms with Crippen molar-refractivity contribution >= 4 is 34.4 Å². The largest absolute Gasteiger partial charge is 0.472 e. The van der Waals surface area contributed by atoms with Gasteiger partial charge in [0.15, 0.2) is 6.73 Å². The van der Waals surface area contributed by atoms with Gasteiger partial charge in [-0.05, 0) is 74.3 Å². The van der Waals surface area contributed by atoms with Crippen LogP contribution in [0.4, 0.5) is 0 Å². The van der Waals surface area contributed by atoms with Crippen molar-refractivity contribution in [3.05, 3.63) is 71.5 Å². The number of hydrogen-bond acceptors (Lipinski definition) is 6. The maximum atomic E-state index is 13.1. The molecule has 2 saturated heterocycles. The van der Waals surface area contributed by atoms with E-state index in [0.29, 0.717) is 13.3 Å². The second-order valence-corrected chi connectivity index (χ2v) is 13.3. The molecule has 11 heteroatoms. The molecule has 2 amide bonds. The van der Waals surface area contributed by atoms with Gasteiger partial charge in [0.05, 0.1) is 53.1 Å². The minimum Gasteiger partial charge on any atom is -0.472 e. The highest BCUT2D eigenvalue weighted by molar-refractivity contribution is 5.91. The van der Waals surface area contributed by atoms with Gasteiger partial charge in [-0.3, -0.25) is 9.59 Å². The van der Waals surface area contributed by atoms with Gasteiger partial charge in [0.2, 0.25) is 12.3 Å². The molecule has 4 N–H and O–H groups in total. The first-order chi connectivity index (χ1) is 22.4. The molecule has 46 heavy (non-hydrogen) atoms. The van der Waals surface area contributed by atoms with Crippen LogP contribution in [0, 0.1) is 5.92 Å². The first kappa shape index (κ1) is 28.8. The van der Waals surface area contributed by atoms with E-state index >= 15 is 0 Å². The topological polar surface area (TPSA) is 138 Å². The monoisotopic (exact) mass is 620 g/mol. The maximum absolute atomic E-state index is 13.1. The molecule has 6 heterocycles. The Hall–Kier alpha value is -4.64. The number of nitrogens with one attached hydrogen (secondary N) is 2. The van der Waals surface area contributed by atoms with E-state index in [1.807, 2.05) is 36.0 Å². The molecule has 2 fully saturated rings. The van der Waals surface area contributed by atoms with Gasteiger partial charge >= 0.3 is 0 Å². The summed E-state index contributed by atoms with van der Waals surface area (Å²) in [6.07, 6.45) is 12.3. The van der Waals surface area contributed by atoms with E-state index in [4.69, 9.17) is 15.5 Å². The summed E-state index contributed by atoms with van der Waals surface area (Å²) in [5.74, 6) is 2.67. The van der Waals surface area contributed by atoms with E-state index in [2.05, 4.69) is 49.9 Å². The molecule has 4 aliphatic rings. The minimum absolute atomic E-state index is 0.00423. The Labute approximate surface area is 267 Å². The lowest BCUT2D eigenvalue weighted by Crippen LogP contribution is -2.46. The number of H-pyrrole nitrogens is 2. The fourth-order valence-electron chi connectivity index (χ4n) is 7.58. The highest BCUT2D eigenvalue weighted by Gasteiger charge is 2.35. The van der Waals surface area contributed by atoms with Crippen molar-refractivity contribution in [3.63, 3.8) is 0 Å². The fraction of sp³-hybridized carbons (Fsp3) is 0.429. The maximum Gasteiger partial charge on any atom is 0.240 e. The molecule has 1 aromatic carbocycles. The van der Waals surface area contributed by atoms with E-state index in [1.54, 1.807) is 0 Å². The highest BCUT2D eigenvalue weighted by Crippen LogP contribution is 2.42. The smallest absolute Gasteiger partial charge is 0.240 e. The normalized spacial score (nSPS) is 21.9. The molecule has 0 spiro atoms. The predicted molar refractivity (Wildman–Crippen MR) is 175 cm³/mol. The average Bonchev–Trinajstić information content (AvgIpc) is 3.91. The second-order valence-electron chi connectivity index (χ2n) is 13.3. The van der Waals surface area contributed by atoms with E-state index < -0.39 is 6.04 Å². The molecule has 3 unspecified atom stereocenters. The van der Waals surface area contributed by atoms with Gasteiger partial charge in [-0.15, -0.1) is 0 Å². The van der Waals surface area contributed by atoms with Crippen molar-refractivity contribution in [2.45, 2.75) is 77.2 Å². The Balaban J connectivity index is 1.04. The zero-order valence-corrected chi connectivity index (χ0v) is 26.3. The predicted octanol–water partition coefficient (Wildman–Crippen LogP) is 5.27. The lowest BCUT2D eigenvalue weighted by atomic mass is 9.93. The summed E-state index contributed by atoms with van der Waals surface area (Å²) in [5, 5.41) is 1.15. The first-order valence-electron chi connectivity index (χ1n) is 16.5. The van der Waals surface area contributed by atoms with Crippen LogP contribution in [0.5, 0.6) is 0 Å². The van der Waals surface area contributed by atoms with Crippen LogP contribution in [0.25, 0.3) is 33.3 Å². The van der Waals surface area contributed by atoms with Gasteiger partial charge in [-0.2, -0.15) is 0 Å². The molecule has 11 nitrogen and oxygen atoms in total. The number of amides is 2. The van der Waals surface area contributed by atoms with Gasteiger partial charge < -0.3 is 34.8 Å². The number of fused-ring (bicyclic) bond motifs is 4. The summed E-state index contributed by atoms with van der Waals surface area (Å²) in [4.78, 5) is 44.6. The van der Waals surface area contributed by atoms with Crippen LogP contribution in [0.15, 0.2) is 48.5 Å². The Bertz CT molecular complexity index is 1890. The van der Waals surface area contributed by atoms with Crippen LogP contribution >= 0.6 is 0 Å². The van der Waals surface area contributed by atoms with Gasteiger partial charge in [0.1, 0.15) is 17.4 Å². The average molecular weight is 621 g/mol. The number of nitrogens with zero attached hydrogens (tertiary/aromatic N) is 5. The molecule has 0 saturated carbocycles. The molecule has 3 aromatic heterocycles. The molecular formula is C35H40N8O3. The lowest BCUT2D eigenvalue weighted by molar-refractivity contribution is -0.134. The molecule has 3 aliphatic heterocycles. The Morgan fingerprint density at radius 3 is 2.61 bits per heavy atom. The Kier molecular flexibility index (Phi) is 7.08. The zero-order chi connectivity index (χ0) is 31.5. The number of aromatic nitrogens is 5. The van der Waals surface area contributed by atoms with Crippen molar-refractivity contribution < 1.29 is 14.3 Å². The number of hydrogen-bond donors (Lipinski definition) is 3. The summed E-state index contributed by atoms with van der Waals surface area (Å²) in [7, 11) is 0. The van der Waals surface area contributed by atoms with Crippen molar-refractivity contribution in [3.8, 4) is 11.3 Å². The van der Waals surface area contributed by atoms with Crippen LogP contribution in [-0.4, -0.2) is 65.8 Å². The second kappa shape index (κ2) is 11.3. The molecule has 3 atom stereocenters. The molecular weight excluding hydrogens is 580 g/mol. The van der Waals surface area contributed by atoms with Crippen molar-refractivity contribution in [2.75, 3.05) is 13.1 Å². The molecule has 0 radical (unpaired) electrons. The van der Waals surface area contributed by atoms with Crippen LogP contribution in [0.1, 0.15) is 87.5 Å². The molecule has 238 valence electrons. The third-order valence-electron chi connectivity index (χ3n) is 10.3. The number of nitrogens with two attached hydrogens (primary N) is 1. The van der Waals surface area contributed by atoms with Gasteiger partial charge in [-0.1, -0.05) is 19.9 Å². The van der Waals surface area contributed by atoms with Gasteiger partial charge in [-0.25, -0.2) is 9.97 Å². The van der Waals surface area contributed by atoms with Gasteiger partial charge in [0, 0.05) is 29.6 Å². The van der Waals surface area contributed by atoms with Crippen molar-refractivity contribution in [2.24, 2.45) is 11.7 Å². The van der Waals surface area contributed by atoms with E-state index in [1.165, 1.54) is 11.3 Å². The van der Waals surface area contributed by atoms with Crippen molar-refractivity contribution in [1.82, 2.24) is 34.3 Å². The number of likely N-dealkylation sites (tertiary alicyclic amines) is 2. The van der Waals surface area contributed by atoms with Crippen LogP contribution in [0.3, 0.4) is 0 Å². The van der Waals surface area contributed by atoms with Crippen molar-refractivity contribution in [1.29, 1.82) is 0 Å². The number of benzene rings is 1. The molecule has 0 bridgehead atoms. The number of rotatable bonds is 7. The summed E-state index contributed by atoms with van der Waals surface area (Å²) >= 11 is 0. The molecule has 4 aromatic rings. The summed E-state index contributed by atoms with van der Waals surface area (Å²) in [6, 6.07) is 8.19. The minimum atomic E-state index is -0.497. The van der Waals surface area contributed by atoms with E-state index in [0.717, 1.165) is 102 Å². The number of carbonyl (C=O) groups excluding carboxylic acids is 2. The van der Waals surface area contributed by atoms with E-state index in [9.17, 15) is 9.59 Å². The third kappa shape index (κ3) is 4.76. The first-order valence-corrected chi connectivity index (χ1v) is 16.5. The number of allylic oxidation sites excluding steroid dienone is 3. The highest BCUT2D eigenvalue weighted by atomic mass is 16.5. The SMILES string of the molecule is CC(C)C(N)C(=O)N1CCCC1c1ncc(C2=CC3=C(CC2)c2cc4cc(-c5cnc(C6CCCN6C=O)[nH]5)ccc4n2CO3)[nH]1. The van der Waals surface area contributed by atoms with Gasteiger partial charge in [0.25, 0.3) is 0 Å². The Morgan fingerprint density at radius 1 is 1.02 bits per heavy atom. The molecule has 8 rings (SSSR count). The summed E-state index contributed by atoms with van der Waals surface area (Å²) in [5.41, 5.74) is 13.9. The third-order valence-corrected chi connectivity index (χ3v) is 10.3. The van der Waals surface area contributed by atoms with Crippen LogP contribution in [-0.2, 0) is 21.1 Å². The number of aromatic amines is 2. The number of imidazole rings is 2. The molecule has 1 aliphatic carbocycles. The van der Waals surface area contributed by atoms with E-state index in [-0.39, 0.29) is 23.9 Å². The summed E-state index contributed by atoms with van der Waals surface area (Å²) in [6.45, 7) is 5.91. The lowest BCUT2D eigenvalue weighted by Gasteiger charge is -2.28. The van der Waals surface area contributed by atoms with Crippen LogP contribution < -0.4 is 5.73 Å². The quantitative estimate of drug-likeness (QED) is 0.241. The van der Waals surface area contributed by atoms with Crippen LogP contribution in [0.2, 0.25) is 0 Å². The standard InChI is InChI=1S/C35H40N8O3/c1-20(2)32(36)35(45)42-12-4-6-29(42)34-38-17-26(40-34)22-7-9-24-30-14-23-13-21(8-10-27(23)43(30)19-46-31(24)15-22)25-16-37-33(39-25)28-5-3-11-41(28)18-44/h8,10,13-18,20,28-29,32H,3-7,9,11-12,19,36H2,1-2H3,(H,37,39)(H,38,40). The fourth-order valence-corrected chi connectivity index (χ4v) is 7.58.